The minimum atomic E-state index is -3.30. The van der Waals surface area contributed by atoms with Gasteiger partial charge in [0.05, 0.1) is 4.90 Å². The molecule has 1 unspecified atom stereocenters. The highest BCUT2D eigenvalue weighted by Crippen LogP contribution is 2.16. The fraction of sp³-hybridized carbons (Fsp3) is 0.455. The molecule has 0 aliphatic rings. The van der Waals surface area contributed by atoms with Crippen LogP contribution in [-0.2, 0) is 16.4 Å². The molecule has 0 fully saturated rings. The van der Waals surface area contributed by atoms with Crippen molar-refractivity contribution in [3.05, 3.63) is 29.8 Å². The number of benzene rings is 1. The summed E-state index contributed by atoms with van der Waals surface area (Å²) in [5, 5.41) is 0. The maximum Gasteiger partial charge on any atom is 0.242 e. The predicted molar refractivity (Wildman–Crippen MR) is 69.4 cm³/mol. The van der Waals surface area contributed by atoms with Crippen molar-refractivity contribution in [1.29, 1.82) is 0 Å². The van der Waals surface area contributed by atoms with Gasteiger partial charge in [0.15, 0.2) is 0 Å². The molecule has 0 spiro atoms. The average Bonchev–Trinajstić information content (AvgIpc) is 2.17. The number of rotatable bonds is 4. The fourth-order valence-electron chi connectivity index (χ4n) is 1.33. The summed E-state index contributed by atoms with van der Waals surface area (Å²) in [4.78, 5) is 0.729. The van der Waals surface area contributed by atoms with Gasteiger partial charge in [-0.05, 0) is 24.1 Å². The van der Waals surface area contributed by atoms with Crippen molar-refractivity contribution in [1.82, 2.24) is 4.31 Å². The first kappa shape index (κ1) is 13.7. The highest BCUT2D eigenvalue weighted by atomic mass is 79.9. The van der Waals surface area contributed by atoms with Gasteiger partial charge >= 0.3 is 0 Å². The van der Waals surface area contributed by atoms with Gasteiger partial charge in [-0.3, -0.25) is 0 Å². The molecule has 3 nitrogen and oxygen atoms in total. The van der Waals surface area contributed by atoms with E-state index in [2.05, 4.69) is 22.9 Å². The Labute approximate surface area is 106 Å². The van der Waals surface area contributed by atoms with E-state index in [0.29, 0.717) is 9.72 Å². The molecule has 90 valence electrons. The Morgan fingerprint density at radius 1 is 1.25 bits per heavy atom. The van der Waals surface area contributed by atoms with Crippen molar-refractivity contribution in [3.63, 3.8) is 0 Å². The van der Waals surface area contributed by atoms with Gasteiger partial charge in [-0.15, -0.1) is 0 Å². The van der Waals surface area contributed by atoms with Crippen LogP contribution in [0.3, 0.4) is 0 Å². The lowest BCUT2D eigenvalue weighted by Crippen LogP contribution is -2.22. The second-order valence-corrected chi connectivity index (χ2v) is 7.63. The monoisotopic (exact) mass is 305 g/mol. The maximum absolute atomic E-state index is 11.8. The maximum atomic E-state index is 11.8. The Kier molecular flexibility index (Phi) is 4.52. The summed E-state index contributed by atoms with van der Waals surface area (Å²) in [7, 11) is -0.237. The zero-order chi connectivity index (χ0) is 12.3. The van der Waals surface area contributed by atoms with Crippen LogP contribution in [0.5, 0.6) is 0 Å². The first-order valence-corrected chi connectivity index (χ1v) is 7.35. The number of alkyl halides is 1. The van der Waals surface area contributed by atoms with E-state index in [4.69, 9.17) is 0 Å². The van der Waals surface area contributed by atoms with Crippen LogP contribution in [0.15, 0.2) is 29.2 Å². The lowest BCUT2D eigenvalue weighted by Gasteiger charge is -2.11. The van der Waals surface area contributed by atoms with E-state index in [1.54, 1.807) is 12.1 Å². The highest BCUT2D eigenvalue weighted by Gasteiger charge is 2.16. The molecule has 0 saturated heterocycles. The van der Waals surface area contributed by atoms with Gasteiger partial charge < -0.3 is 0 Å². The minimum absolute atomic E-state index is 0.337. The fourth-order valence-corrected chi connectivity index (χ4v) is 2.61. The zero-order valence-electron chi connectivity index (χ0n) is 9.64. The van der Waals surface area contributed by atoms with Crippen LogP contribution in [0.4, 0.5) is 0 Å². The molecule has 16 heavy (non-hydrogen) atoms. The van der Waals surface area contributed by atoms with Crippen molar-refractivity contribution in [3.8, 4) is 0 Å². The standard InChI is InChI=1S/C11H16BrNO2S/c1-9(12)8-10-4-6-11(7-5-10)16(14,15)13(2)3/h4-7,9H,8H2,1-3H3. The predicted octanol–water partition coefficient (Wildman–Crippen LogP) is 2.26. The number of hydrogen-bond donors (Lipinski definition) is 0. The number of nitrogens with zero attached hydrogens (tertiary/aromatic N) is 1. The van der Waals surface area contributed by atoms with Crippen LogP contribution < -0.4 is 0 Å². The summed E-state index contributed by atoms with van der Waals surface area (Å²) in [5.41, 5.74) is 1.13. The van der Waals surface area contributed by atoms with E-state index in [1.165, 1.54) is 18.4 Å². The van der Waals surface area contributed by atoms with Crippen molar-refractivity contribution < 1.29 is 8.42 Å². The van der Waals surface area contributed by atoms with Gasteiger partial charge in [0.1, 0.15) is 0 Å². The molecule has 0 aromatic heterocycles. The molecule has 1 aromatic carbocycles. The first-order chi connectivity index (χ1) is 7.34. The quantitative estimate of drug-likeness (QED) is 0.800. The topological polar surface area (TPSA) is 37.4 Å². The normalized spacial score (nSPS) is 14.1. The molecule has 0 radical (unpaired) electrons. The van der Waals surface area contributed by atoms with Gasteiger partial charge in [-0.25, -0.2) is 12.7 Å². The molecule has 0 bridgehead atoms. The Hall–Kier alpha value is -0.390. The SMILES string of the molecule is CC(Br)Cc1ccc(S(=O)(=O)N(C)C)cc1. The van der Waals surface area contributed by atoms with Gasteiger partial charge in [0.25, 0.3) is 0 Å². The van der Waals surface area contributed by atoms with Crippen LogP contribution in [0.25, 0.3) is 0 Å². The summed E-state index contributed by atoms with van der Waals surface area (Å²) in [6.07, 6.45) is 0.891. The van der Waals surface area contributed by atoms with E-state index in [9.17, 15) is 8.42 Å². The number of hydrogen-bond acceptors (Lipinski definition) is 2. The molecule has 1 aromatic rings. The van der Waals surface area contributed by atoms with Crippen molar-refractivity contribution in [2.24, 2.45) is 0 Å². The third-order valence-corrected chi connectivity index (χ3v) is 4.37. The van der Waals surface area contributed by atoms with Crippen LogP contribution in [0.1, 0.15) is 12.5 Å². The molecule has 1 rings (SSSR count). The van der Waals surface area contributed by atoms with Crippen molar-refractivity contribution in [2.45, 2.75) is 23.1 Å². The Morgan fingerprint density at radius 2 is 1.75 bits per heavy atom. The van der Waals surface area contributed by atoms with E-state index in [0.717, 1.165) is 12.0 Å². The van der Waals surface area contributed by atoms with Gasteiger partial charge in [0, 0.05) is 18.9 Å². The minimum Gasteiger partial charge on any atom is -0.207 e. The summed E-state index contributed by atoms with van der Waals surface area (Å²) in [5.74, 6) is 0. The number of sulfonamides is 1. The summed E-state index contributed by atoms with van der Waals surface area (Å²) in [6, 6.07) is 7.02. The molecular weight excluding hydrogens is 290 g/mol. The third-order valence-electron chi connectivity index (χ3n) is 2.22. The van der Waals surface area contributed by atoms with Crippen LogP contribution >= 0.6 is 15.9 Å². The Bertz CT molecular complexity index is 438. The Morgan fingerprint density at radius 3 is 2.12 bits per heavy atom. The summed E-state index contributed by atoms with van der Waals surface area (Å²) < 4.78 is 24.8. The molecule has 0 aliphatic carbocycles. The van der Waals surface area contributed by atoms with Crippen LogP contribution in [0, 0.1) is 0 Å². The van der Waals surface area contributed by atoms with Crippen molar-refractivity contribution in [2.75, 3.05) is 14.1 Å². The van der Waals surface area contributed by atoms with Gasteiger partial charge in [0.2, 0.25) is 10.0 Å². The number of halogens is 1. The van der Waals surface area contributed by atoms with E-state index in [-0.39, 0.29) is 0 Å². The lowest BCUT2D eigenvalue weighted by atomic mass is 10.1. The van der Waals surface area contributed by atoms with Crippen LogP contribution in [0.2, 0.25) is 0 Å². The highest BCUT2D eigenvalue weighted by molar-refractivity contribution is 9.09. The molecule has 0 aliphatic heterocycles. The van der Waals surface area contributed by atoms with E-state index in [1.807, 2.05) is 12.1 Å². The van der Waals surface area contributed by atoms with Gasteiger partial charge in [-0.1, -0.05) is 35.0 Å². The lowest BCUT2D eigenvalue weighted by molar-refractivity contribution is 0.520. The second-order valence-electron chi connectivity index (χ2n) is 3.92. The van der Waals surface area contributed by atoms with Gasteiger partial charge in [-0.2, -0.15) is 0 Å². The molecular formula is C11H16BrNO2S. The largest absolute Gasteiger partial charge is 0.242 e. The molecule has 5 heteroatoms. The molecule has 0 heterocycles. The van der Waals surface area contributed by atoms with Crippen LogP contribution in [-0.4, -0.2) is 31.6 Å². The second kappa shape index (κ2) is 5.29. The molecule has 0 saturated carbocycles. The molecule has 1 atom stereocenters. The third kappa shape index (κ3) is 3.30. The van der Waals surface area contributed by atoms with E-state index < -0.39 is 10.0 Å². The zero-order valence-corrected chi connectivity index (χ0v) is 12.0. The summed E-state index contributed by atoms with van der Waals surface area (Å²) in [6.45, 7) is 2.06. The molecule has 0 N–H and O–H groups in total. The van der Waals surface area contributed by atoms with Crippen molar-refractivity contribution >= 4 is 26.0 Å². The molecule has 0 amide bonds. The smallest absolute Gasteiger partial charge is 0.207 e. The average molecular weight is 306 g/mol. The summed E-state index contributed by atoms with van der Waals surface area (Å²) >= 11 is 3.47. The van der Waals surface area contributed by atoms with E-state index >= 15 is 0 Å². The Balaban J connectivity index is 2.96. The first-order valence-electron chi connectivity index (χ1n) is 4.99.